The van der Waals surface area contributed by atoms with Crippen LogP contribution in [0.2, 0.25) is 0 Å². The number of aromatic carboxylic acids is 2. The molecule has 5 aromatic heterocycles. The Bertz CT molecular complexity index is 5360. The summed E-state index contributed by atoms with van der Waals surface area (Å²) < 4.78 is 13.0. The predicted molar refractivity (Wildman–Crippen MR) is 410 cm³/mol. The Balaban J connectivity index is 0.000000163. The van der Waals surface area contributed by atoms with Crippen molar-refractivity contribution < 1.29 is 94.4 Å². The summed E-state index contributed by atoms with van der Waals surface area (Å²) >= 11 is 0. The number of hydrogen-bond acceptors (Lipinski definition) is 8. The van der Waals surface area contributed by atoms with E-state index in [1.807, 2.05) is 104 Å². The number of carboxylic acids is 2. The number of fused-ring (bicyclic) bond motifs is 9. The number of nitrogens with zero attached hydrogens (tertiary/aromatic N) is 5. The molecule has 0 fully saturated rings. The summed E-state index contributed by atoms with van der Waals surface area (Å²) in [6.45, 7) is 5.97. The van der Waals surface area contributed by atoms with Crippen molar-refractivity contribution in [3.05, 3.63) is 379 Å². The van der Waals surface area contributed by atoms with Gasteiger partial charge in [0, 0.05) is 104 Å². The molecule has 16 aromatic rings. The zero-order valence-corrected chi connectivity index (χ0v) is 64.5. The molecule has 0 aliphatic rings. The van der Waals surface area contributed by atoms with Crippen LogP contribution < -0.4 is 0 Å². The number of halogens is 1. The van der Waals surface area contributed by atoms with Gasteiger partial charge in [0.15, 0.2) is 0 Å². The van der Waals surface area contributed by atoms with E-state index < -0.39 is 11.9 Å². The van der Waals surface area contributed by atoms with E-state index >= 15 is 0 Å². The van der Waals surface area contributed by atoms with Crippen molar-refractivity contribution >= 4 is 82.4 Å². The normalized spacial score (nSPS) is 10.6. The zero-order chi connectivity index (χ0) is 71.2. The summed E-state index contributed by atoms with van der Waals surface area (Å²) in [6, 6.07) is 99.9. The van der Waals surface area contributed by atoms with Crippen LogP contribution in [-0.4, -0.2) is 62.8 Å². The number of benzene rings is 11. The summed E-state index contributed by atoms with van der Waals surface area (Å²) in [5.74, 6) is -1.84. The van der Waals surface area contributed by atoms with Crippen molar-refractivity contribution in [2.45, 2.75) is 40.0 Å². The summed E-state index contributed by atoms with van der Waals surface area (Å²) in [5.41, 5.74) is 10.9. The second-order valence-corrected chi connectivity index (χ2v) is 23.8. The van der Waals surface area contributed by atoms with Gasteiger partial charge < -0.3 is 30.3 Å². The van der Waals surface area contributed by atoms with Crippen LogP contribution in [0.1, 0.15) is 57.1 Å². The van der Waals surface area contributed by atoms with E-state index in [1.54, 1.807) is 37.3 Å². The van der Waals surface area contributed by atoms with Crippen molar-refractivity contribution in [2.75, 3.05) is 0 Å². The Kier molecular flexibility index (Phi) is 29.8. The van der Waals surface area contributed by atoms with Crippen LogP contribution in [-0.2, 0) is 79.6 Å². The number of aryl methyl sites for hydroxylation is 2. The summed E-state index contributed by atoms with van der Waals surface area (Å²) in [5, 5.41) is 41.3. The monoisotopic (exact) mass is 1910 g/mol. The first-order valence-corrected chi connectivity index (χ1v) is 33.1. The molecule has 11 aromatic carbocycles. The number of carbonyl (C=O) groups excluding carboxylic acids is 1. The maximum absolute atomic E-state index is 13.0. The zero-order valence-electron chi connectivity index (χ0n) is 57.3. The average Bonchev–Trinajstić information content (AvgIpc) is 0.794. The third-order valence-corrected chi connectivity index (χ3v) is 16.8. The van der Waals surface area contributed by atoms with Gasteiger partial charge in [0.1, 0.15) is 17.1 Å². The Labute approximate surface area is 649 Å². The Morgan fingerprint density at radius 1 is 0.390 bits per heavy atom. The van der Waals surface area contributed by atoms with Crippen LogP contribution in [0, 0.1) is 30.9 Å². The molecule has 15 heteroatoms. The van der Waals surface area contributed by atoms with Crippen molar-refractivity contribution in [1.29, 1.82) is 0 Å². The molecule has 0 aliphatic heterocycles. The van der Waals surface area contributed by atoms with E-state index in [9.17, 15) is 23.9 Å². The van der Waals surface area contributed by atoms with Gasteiger partial charge >= 0.3 is 17.7 Å². The second kappa shape index (κ2) is 39.4. The van der Waals surface area contributed by atoms with Gasteiger partial charge in [0.05, 0.1) is 12.0 Å². The van der Waals surface area contributed by atoms with Crippen LogP contribution in [0.25, 0.3) is 98.4 Å². The minimum absolute atomic E-state index is 0. The number of aromatic nitrogens is 5. The Morgan fingerprint density at radius 2 is 0.762 bits per heavy atom. The molecule has 105 heavy (non-hydrogen) atoms. The number of pyridine rings is 5. The van der Waals surface area contributed by atoms with E-state index in [4.69, 9.17) is 10.2 Å². The van der Waals surface area contributed by atoms with Gasteiger partial charge in [-0.2, -0.15) is 0 Å². The van der Waals surface area contributed by atoms with Gasteiger partial charge in [-0.1, -0.05) is 220 Å². The van der Waals surface area contributed by atoms with E-state index in [1.165, 1.54) is 102 Å². The Morgan fingerprint density at radius 3 is 1.11 bits per heavy atom. The van der Waals surface area contributed by atoms with Gasteiger partial charge in [-0.05, 0) is 124 Å². The molecule has 0 unspecified atom stereocenters. The van der Waals surface area contributed by atoms with E-state index in [0.29, 0.717) is 18.4 Å². The maximum Gasteiger partial charge on any atom is 0.354 e. The average molecular weight is 1910 g/mol. The molecule has 0 amide bonds. The summed E-state index contributed by atoms with van der Waals surface area (Å²) in [4.78, 5) is 51.2. The van der Waals surface area contributed by atoms with Gasteiger partial charge in [-0.3, -0.25) is 9.18 Å². The standard InChI is InChI=1S/C21H16N.C20H14N.C19H11FN.C18H18O2.2C6H5NO2.3Ir/c1-2-15-7-9-17(10-8-15)21-13-20-18(14-22-21)12-11-16-5-3-4-6-19(16)20;1-14-6-8-16(9-7-14)20-12-19-17(13-21-20)11-10-15-4-2-3-5-18(15)19;20-16-9-7-14(8-10-16)19-11-18-15(12-21-19)6-5-13-3-1-2-4-17(13)18;1-14(17(19)12-15-8-4-2-5-9-15)18(20)13-16-10-6-3-7-11-16;2*8-6(9)5-3-1-2-4-7-5;;;/h3-9,11-14H,2H2,1H3;2-8,10-13H,1H3;1-7,9-12H;2-11,19H,12-13H2,1H3;2*1-4H,(H,8,9);;;/q3*-1;;;;;;/p+1. The molecule has 16 rings (SSSR count). The number of hydrogen-bond donors (Lipinski definition) is 3. The largest absolute Gasteiger partial charge is 0.511 e. The molecule has 0 saturated heterocycles. The fourth-order valence-corrected chi connectivity index (χ4v) is 11.2. The minimum Gasteiger partial charge on any atom is -0.511 e. The first kappa shape index (κ1) is 79.5. The van der Waals surface area contributed by atoms with Crippen molar-refractivity contribution in [3.8, 4) is 33.8 Å². The summed E-state index contributed by atoms with van der Waals surface area (Å²) in [6.07, 6.45) is 10.6. The van der Waals surface area contributed by atoms with Gasteiger partial charge in [-0.25, -0.2) is 19.6 Å². The SMILES string of the molecule is CC(C(=[OH+])Cc1ccccc1)=C(O)Cc1ccccc1.CCc1c[c-]c(-c2cc3c(ccc4ccccc43)cn2)cc1.Cc1c[c-]c(-c2cc3c(ccc4ccccc43)cn2)cc1.Fc1c[c-]c(-c2cc3c(ccc4ccccc43)cn2)cc1.O=C(O)c1ccccn1.O=C(O)c1ccccn1.[Ir].[Ir].[Ir]. The van der Waals surface area contributed by atoms with E-state index in [0.717, 1.165) is 62.1 Å². The molecule has 0 bridgehead atoms. The topological polar surface area (TPSA) is 181 Å². The molecular formula is C90H70FIr3N5O6-2. The van der Waals surface area contributed by atoms with Crippen molar-refractivity contribution in [1.82, 2.24) is 24.9 Å². The maximum atomic E-state index is 13.0. The van der Waals surface area contributed by atoms with Crippen LogP contribution in [0.15, 0.2) is 321 Å². The van der Waals surface area contributed by atoms with Gasteiger partial charge in [0.25, 0.3) is 0 Å². The number of allylic oxidation sites excluding steroid dienone is 2. The number of aliphatic hydroxyl groups is 1. The second-order valence-electron chi connectivity index (χ2n) is 23.8. The number of aliphatic hydroxyl groups excluding tert-OH is 1. The molecular weight excluding hydrogens is 1840 g/mol. The van der Waals surface area contributed by atoms with Crippen LogP contribution >= 0.6 is 0 Å². The minimum atomic E-state index is -0.990. The van der Waals surface area contributed by atoms with Gasteiger partial charge in [-0.15, -0.1) is 101 Å². The van der Waals surface area contributed by atoms with E-state index in [2.05, 4.69) is 196 Å². The third-order valence-electron chi connectivity index (χ3n) is 16.8. The number of rotatable bonds is 11. The molecule has 4 N–H and O–H groups in total. The third kappa shape index (κ3) is 21.7. The molecule has 527 valence electrons. The van der Waals surface area contributed by atoms with Crippen molar-refractivity contribution in [2.24, 2.45) is 0 Å². The smallest absolute Gasteiger partial charge is 0.354 e. The van der Waals surface area contributed by atoms with Gasteiger partial charge in [0.2, 0.25) is 0 Å². The quantitative estimate of drug-likeness (QED) is 0.0371. The number of carbonyl (C=O) groups is 2. The number of carboxylic acid groups (broad SMARTS) is 2. The summed E-state index contributed by atoms with van der Waals surface area (Å²) in [7, 11) is 0. The van der Waals surface area contributed by atoms with Crippen LogP contribution in [0.4, 0.5) is 4.39 Å². The van der Waals surface area contributed by atoms with Crippen LogP contribution in [0.3, 0.4) is 0 Å². The van der Waals surface area contributed by atoms with Crippen molar-refractivity contribution in [3.63, 3.8) is 0 Å². The molecule has 5 heterocycles. The molecule has 0 aliphatic carbocycles. The molecule has 11 nitrogen and oxygen atoms in total. The molecule has 0 atom stereocenters. The predicted octanol–water partition coefficient (Wildman–Crippen LogP) is 21.0. The molecule has 0 spiro atoms. The fraction of sp³-hybridized carbons (Fsp3) is 0.0667. The fourth-order valence-electron chi connectivity index (χ4n) is 11.2. The molecule has 0 saturated carbocycles. The van der Waals surface area contributed by atoms with Crippen LogP contribution in [0.5, 0.6) is 0 Å². The number of ketones is 1. The van der Waals surface area contributed by atoms with E-state index in [-0.39, 0.29) is 89.1 Å². The molecule has 3 radical (unpaired) electrons. The Hall–Kier alpha value is -11.2. The first-order valence-electron chi connectivity index (χ1n) is 33.1. The first-order chi connectivity index (χ1) is 49.7.